The first-order valence-electron chi connectivity index (χ1n) is 9.63. The third-order valence-electron chi connectivity index (χ3n) is 5.14. The Kier molecular flexibility index (Phi) is 6.03. The van der Waals surface area contributed by atoms with Gasteiger partial charge in [0.15, 0.2) is 9.84 Å². The van der Waals surface area contributed by atoms with Crippen molar-refractivity contribution in [2.24, 2.45) is 0 Å². The van der Waals surface area contributed by atoms with Gasteiger partial charge in [0, 0.05) is 29.9 Å². The summed E-state index contributed by atoms with van der Waals surface area (Å²) >= 11 is 0. The van der Waals surface area contributed by atoms with Gasteiger partial charge in [-0.1, -0.05) is 25.1 Å². The van der Waals surface area contributed by atoms with Crippen LogP contribution in [0.25, 0.3) is 11.8 Å². The van der Waals surface area contributed by atoms with Crippen molar-refractivity contribution in [1.82, 2.24) is 14.7 Å². The molecule has 1 aliphatic rings. The van der Waals surface area contributed by atoms with Gasteiger partial charge in [0.05, 0.1) is 22.9 Å². The van der Waals surface area contributed by atoms with E-state index in [9.17, 15) is 13.2 Å². The molecule has 150 valence electrons. The Morgan fingerprint density at radius 2 is 2.00 bits per heavy atom. The molecule has 2 heterocycles. The average Bonchev–Trinajstić information content (AvgIpc) is 3.17. The molecule has 1 fully saturated rings. The van der Waals surface area contributed by atoms with Crippen molar-refractivity contribution < 1.29 is 13.2 Å². The van der Waals surface area contributed by atoms with Gasteiger partial charge < -0.3 is 4.90 Å². The predicted octanol–water partition coefficient (Wildman–Crippen LogP) is 2.93. The molecule has 0 radical (unpaired) electrons. The highest BCUT2D eigenvalue weighted by atomic mass is 32.2. The topological polar surface area (TPSA) is 72.3 Å². The number of carbonyl (C=O) groups is 1. The lowest BCUT2D eigenvalue weighted by Crippen LogP contribution is -2.40. The van der Waals surface area contributed by atoms with Crippen LogP contribution in [-0.4, -0.2) is 53.1 Å². The molecule has 3 rings (SSSR count). The number of nitrogens with zero attached hydrogens (tertiary/aromatic N) is 3. The monoisotopic (exact) mass is 401 g/mol. The minimum absolute atomic E-state index is 0.0660. The number of amides is 1. The first kappa shape index (κ1) is 20.3. The SMILES string of the molecule is CCCN(C(=O)C=Cc1c(C)nn(-c2ccccc2)c1C)C1CCS(=O)(=O)C1. The smallest absolute Gasteiger partial charge is 0.246 e. The third-order valence-corrected chi connectivity index (χ3v) is 6.89. The highest BCUT2D eigenvalue weighted by Crippen LogP contribution is 2.21. The van der Waals surface area contributed by atoms with Crippen molar-refractivity contribution in [1.29, 1.82) is 0 Å². The maximum absolute atomic E-state index is 12.8. The zero-order valence-corrected chi connectivity index (χ0v) is 17.4. The van der Waals surface area contributed by atoms with Crippen LogP contribution in [0, 0.1) is 13.8 Å². The van der Waals surface area contributed by atoms with Crippen LogP contribution in [0.2, 0.25) is 0 Å². The standard InChI is InChI=1S/C21H27N3O3S/c1-4-13-23(19-12-14-28(26,27)15-19)21(25)11-10-20-16(2)22-24(17(20)3)18-8-6-5-7-9-18/h5-11,19H,4,12-15H2,1-3H3. The molecule has 1 atom stereocenters. The lowest BCUT2D eigenvalue weighted by atomic mass is 10.1. The summed E-state index contributed by atoms with van der Waals surface area (Å²) in [5, 5.41) is 4.60. The number of aromatic nitrogens is 2. The summed E-state index contributed by atoms with van der Waals surface area (Å²) in [6.07, 6.45) is 4.66. The second-order valence-corrected chi connectivity index (χ2v) is 9.48. The zero-order chi connectivity index (χ0) is 20.3. The second-order valence-electron chi connectivity index (χ2n) is 7.25. The van der Waals surface area contributed by atoms with Crippen molar-refractivity contribution >= 4 is 21.8 Å². The second kappa shape index (κ2) is 8.31. The molecule has 1 aromatic carbocycles. The van der Waals surface area contributed by atoms with E-state index >= 15 is 0 Å². The van der Waals surface area contributed by atoms with E-state index in [1.165, 1.54) is 0 Å². The van der Waals surface area contributed by atoms with Crippen LogP contribution in [0.4, 0.5) is 0 Å². The minimum atomic E-state index is -3.03. The average molecular weight is 402 g/mol. The van der Waals surface area contributed by atoms with Crippen LogP contribution in [-0.2, 0) is 14.6 Å². The van der Waals surface area contributed by atoms with Crippen molar-refractivity contribution in [2.75, 3.05) is 18.1 Å². The van der Waals surface area contributed by atoms with Gasteiger partial charge in [0.2, 0.25) is 5.91 Å². The normalized spacial score (nSPS) is 18.6. The Morgan fingerprint density at radius 1 is 1.29 bits per heavy atom. The first-order chi connectivity index (χ1) is 13.3. The van der Waals surface area contributed by atoms with E-state index in [1.54, 1.807) is 17.1 Å². The highest BCUT2D eigenvalue weighted by molar-refractivity contribution is 7.91. The summed E-state index contributed by atoms with van der Waals surface area (Å²) < 4.78 is 25.5. The number of aryl methyl sites for hydroxylation is 1. The molecule has 0 spiro atoms. The van der Waals surface area contributed by atoms with Crippen LogP contribution in [0.5, 0.6) is 0 Å². The fraction of sp³-hybridized carbons (Fsp3) is 0.429. The van der Waals surface area contributed by atoms with Gasteiger partial charge in [-0.3, -0.25) is 4.79 Å². The summed E-state index contributed by atoms with van der Waals surface area (Å²) in [6.45, 7) is 6.45. The summed E-state index contributed by atoms with van der Waals surface area (Å²) in [7, 11) is -3.03. The van der Waals surface area contributed by atoms with E-state index in [4.69, 9.17) is 0 Å². The van der Waals surface area contributed by atoms with Gasteiger partial charge >= 0.3 is 0 Å². The van der Waals surface area contributed by atoms with Crippen LogP contribution in [0.3, 0.4) is 0 Å². The molecule has 0 saturated carbocycles. The maximum atomic E-state index is 12.8. The predicted molar refractivity (Wildman–Crippen MR) is 111 cm³/mol. The molecule has 1 amide bonds. The molecule has 7 heteroatoms. The van der Waals surface area contributed by atoms with Gasteiger partial charge in [-0.15, -0.1) is 0 Å². The van der Waals surface area contributed by atoms with Crippen molar-refractivity contribution in [2.45, 2.75) is 39.7 Å². The number of benzene rings is 1. The largest absolute Gasteiger partial charge is 0.335 e. The molecule has 0 aliphatic carbocycles. The van der Waals surface area contributed by atoms with E-state index in [-0.39, 0.29) is 23.5 Å². The Morgan fingerprint density at radius 3 is 2.61 bits per heavy atom. The van der Waals surface area contributed by atoms with E-state index < -0.39 is 9.84 Å². The Bertz CT molecular complexity index is 978. The van der Waals surface area contributed by atoms with E-state index in [2.05, 4.69) is 5.10 Å². The molecule has 0 bridgehead atoms. The molecule has 2 aromatic rings. The van der Waals surface area contributed by atoms with E-state index in [0.29, 0.717) is 13.0 Å². The summed E-state index contributed by atoms with van der Waals surface area (Å²) in [5.41, 5.74) is 3.68. The lowest BCUT2D eigenvalue weighted by molar-refractivity contribution is -0.127. The van der Waals surface area contributed by atoms with Gasteiger partial charge in [0.1, 0.15) is 0 Å². The van der Waals surface area contributed by atoms with Crippen LogP contribution in [0.1, 0.15) is 36.7 Å². The van der Waals surface area contributed by atoms with Crippen molar-refractivity contribution in [3.05, 3.63) is 53.4 Å². The first-order valence-corrected chi connectivity index (χ1v) is 11.4. The van der Waals surface area contributed by atoms with Crippen molar-refractivity contribution in [3.8, 4) is 5.69 Å². The highest BCUT2D eigenvalue weighted by Gasteiger charge is 2.33. The molecule has 6 nitrogen and oxygen atoms in total. The Labute approximate surface area is 166 Å². The molecule has 1 aliphatic heterocycles. The van der Waals surface area contributed by atoms with Crippen molar-refractivity contribution in [3.63, 3.8) is 0 Å². The van der Waals surface area contributed by atoms with E-state index in [1.807, 2.05) is 55.8 Å². The molecule has 0 N–H and O–H groups in total. The van der Waals surface area contributed by atoms with Crippen LogP contribution in [0.15, 0.2) is 36.4 Å². The number of sulfone groups is 1. The van der Waals surface area contributed by atoms with Crippen LogP contribution >= 0.6 is 0 Å². The van der Waals surface area contributed by atoms with Crippen LogP contribution < -0.4 is 0 Å². The number of carbonyl (C=O) groups excluding carboxylic acids is 1. The fourth-order valence-electron chi connectivity index (χ4n) is 3.70. The van der Waals surface area contributed by atoms with Gasteiger partial charge in [-0.05, 0) is 44.9 Å². The third kappa shape index (κ3) is 4.35. The zero-order valence-electron chi connectivity index (χ0n) is 16.6. The number of hydrogen-bond acceptors (Lipinski definition) is 4. The Balaban J connectivity index is 1.82. The minimum Gasteiger partial charge on any atom is -0.335 e. The number of para-hydroxylation sites is 1. The fourth-order valence-corrected chi connectivity index (χ4v) is 5.43. The summed E-state index contributed by atoms with van der Waals surface area (Å²) in [5.74, 6) is 0.0864. The molecular formula is C21H27N3O3S. The van der Waals surface area contributed by atoms with Gasteiger partial charge in [-0.2, -0.15) is 5.10 Å². The molecule has 1 aromatic heterocycles. The maximum Gasteiger partial charge on any atom is 0.246 e. The number of hydrogen-bond donors (Lipinski definition) is 0. The van der Waals surface area contributed by atoms with E-state index in [0.717, 1.165) is 29.1 Å². The van der Waals surface area contributed by atoms with Gasteiger partial charge in [-0.25, -0.2) is 13.1 Å². The molecule has 28 heavy (non-hydrogen) atoms. The Hall–Kier alpha value is -2.41. The summed E-state index contributed by atoms with van der Waals surface area (Å²) in [4.78, 5) is 14.5. The van der Waals surface area contributed by atoms with Gasteiger partial charge in [0.25, 0.3) is 0 Å². The molecular weight excluding hydrogens is 374 g/mol. The lowest BCUT2D eigenvalue weighted by Gasteiger charge is -2.26. The molecule has 1 saturated heterocycles. The summed E-state index contributed by atoms with van der Waals surface area (Å²) in [6, 6.07) is 9.63. The number of rotatable bonds is 6. The quantitative estimate of drug-likeness (QED) is 0.698. The molecule has 1 unspecified atom stereocenters.